The van der Waals surface area contributed by atoms with E-state index >= 15 is 0 Å². The fourth-order valence-corrected chi connectivity index (χ4v) is 5.70. The molecule has 6 heteroatoms. The van der Waals surface area contributed by atoms with E-state index in [1.165, 1.54) is 16.3 Å². The highest BCUT2D eigenvalue weighted by Crippen LogP contribution is 2.44. The number of hydrogen-bond donors (Lipinski definition) is 1. The zero-order valence-electron chi connectivity index (χ0n) is 18.6. The molecule has 0 radical (unpaired) electrons. The van der Waals surface area contributed by atoms with Gasteiger partial charge in [0.1, 0.15) is 6.54 Å². The molecule has 0 amide bonds. The van der Waals surface area contributed by atoms with Gasteiger partial charge in [0.25, 0.3) is 10.1 Å². The van der Waals surface area contributed by atoms with E-state index in [1.807, 2.05) is 12.1 Å². The van der Waals surface area contributed by atoms with Gasteiger partial charge in [-0.05, 0) is 61.1 Å². The van der Waals surface area contributed by atoms with Crippen LogP contribution >= 0.6 is 11.6 Å². The first-order chi connectivity index (χ1) is 15.1. The van der Waals surface area contributed by atoms with Crippen molar-refractivity contribution in [2.24, 2.45) is 0 Å². The molecule has 2 aliphatic rings. The lowest BCUT2D eigenvalue weighted by Gasteiger charge is -2.18. The van der Waals surface area contributed by atoms with Crippen molar-refractivity contribution in [3.8, 4) is 0 Å². The molecule has 0 unspecified atom stereocenters. The van der Waals surface area contributed by atoms with Crippen molar-refractivity contribution in [3.05, 3.63) is 76.9 Å². The van der Waals surface area contributed by atoms with E-state index in [9.17, 15) is 13.0 Å². The van der Waals surface area contributed by atoms with Gasteiger partial charge in [-0.1, -0.05) is 48.5 Å². The predicted octanol–water partition coefficient (Wildman–Crippen LogP) is 6.28. The second kappa shape index (κ2) is 8.62. The standard InChI is InChI=1S/C26H28ClNO3S/c1-18-8-6-10-20(25(18)27)13-15-23-26(2,3)24-21-11-5-4-9-19(21)12-14-22(24)28(23)16-7-17-32(29,30)31/h4-5,9,11-15H,1,6-8,10,16-17H2,2-3H3/p+1. The molecule has 2 aromatic carbocycles. The summed E-state index contributed by atoms with van der Waals surface area (Å²) in [6, 6.07) is 12.6. The average molecular weight is 471 g/mol. The van der Waals surface area contributed by atoms with Crippen LogP contribution in [-0.4, -0.2) is 35.6 Å². The minimum absolute atomic E-state index is 0.263. The van der Waals surface area contributed by atoms with E-state index in [0.717, 1.165) is 46.8 Å². The number of benzene rings is 2. The minimum Gasteiger partial charge on any atom is -0.286 e. The molecule has 4 rings (SSSR count). The van der Waals surface area contributed by atoms with Crippen molar-refractivity contribution in [2.75, 3.05) is 12.3 Å². The Labute approximate surface area is 195 Å². The summed E-state index contributed by atoms with van der Waals surface area (Å²) in [5, 5.41) is 3.13. The van der Waals surface area contributed by atoms with Crippen molar-refractivity contribution in [1.82, 2.24) is 0 Å². The molecule has 2 aromatic rings. The van der Waals surface area contributed by atoms with Crippen molar-refractivity contribution in [1.29, 1.82) is 0 Å². The molecule has 0 spiro atoms. The van der Waals surface area contributed by atoms with Crippen molar-refractivity contribution in [3.63, 3.8) is 0 Å². The fraction of sp³-hybridized carbons (Fsp3) is 0.346. The quantitative estimate of drug-likeness (QED) is 0.399. The van der Waals surface area contributed by atoms with Gasteiger partial charge in [-0.2, -0.15) is 13.0 Å². The Bertz CT molecular complexity index is 1300. The zero-order chi connectivity index (χ0) is 23.1. The molecule has 32 heavy (non-hydrogen) atoms. The SMILES string of the molecule is C=C1CCCC(C=CC2=[N+](CCCS(=O)(=O)O)c3ccc4ccccc4c3C2(C)C)=C1Cl. The van der Waals surface area contributed by atoms with Gasteiger partial charge < -0.3 is 0 Å². The highest BCUT2D eigenvalue weighted by atomic mass is 35.5. The fourth-order valence-electron chi connectivity index (χ4n) is 4.96. The monoisotopic (exact) mass is 470 g/mol. The lowest BCUT2D eigenvalue weighted by atomic mass is 9.79. The van der Waals surface area contributed by atoms with Crippen molar-refractivity contribution in [2.45, 2.75) is 44.9 Å². The highest BCUT2D eigenvalue weighted by Gasteiger charge is 2.45. The van der Waals surface area contributed by atoms with Crippen LogP contribution < -0.4 is 0 Å². The maximum Gasteiger partial charge on any atom is 0.265 e. The molecule has 0 atom stereocenters. The smallest absolute Gasteiger partial charge is 0.265 e. The number of hydrogen-bond acceptors (Lipinski definition) is 2. The summed E-state index contributed by atoms with van der Waals surface area (Å²) in [5.41, 5.74) is 5.18. The molecular weight excluding hydrogens is 442 g/mol. The largest absolute Gasteiger partial charge is 0.286 e. The Morgan fingerprint density at radius 1 is 1.16 bits per heavy atom. The van der Waals surface area contributed by atoms with Crippen LogP contribution in [0.1, 0.15) is 45.1 Å². The van der Waals surface area contributed by atoms with Crippen LogP contribution in [-0.2, 0) is 15.5 Å². The summed E-state index contributed by atoms with van der Waals surface area (Å²) >= 11 is 6.54. The van der Waals surface area contributed by atoms with Crippen LogP contribution in [0.15, 0.2) is 71.3 Å². The van der Waals surface area contributed by atoms with Crippen LogP contribution in [0.4, 0.5) is 5.69 Å². The molecule has 0 bridgehead atoms. The lowest BCUT2D eigenvalue weighted by Crippen LogP contribution is -2.28. The molecule has 0 saturated heterocycles. The molecule has 0 fully saturated rings. The van der Waals surface area contributed by atoms with Gasteiger partial charge in [-0.3, -0.25) is 4.55 Å². The molecule has 1 aliphatic heterocycles. The van der Waals surface area contributed by atoms with Gasteiger partial charge in [0, 0.05) is 29.2 Å². The maximum atomic E-state index is 11.3. The molecular formula is C26H29ClNO3S+. The van der Waals surface area contributed by atoms with Gasteiger partial charge in [-0.15, -0.1) is 0 Å². The number of fused-ring (bicyclic) bond motifs is 3. The Kier molecular flexibility index (Phi) is 6.19. The first-order valence-corrected chi connectivity index (χ1v) is 13.0. The molecule has 1 N–H and O–H groups in total. The number of nitrogens with zero attached hydrogens (tertiary/aromatic N) is 1. The third-order valence-electron chi connectivity index (χ3n) is 6.50. The van der Waals surface area contributed by atoms with Gasteiger partial charge in [0.05, 0.1) is 11.2 Å². The van der Waals surface area contributed by atoms with Crippen molar-refractivity contribution >= 4 is 43.9 Å². The van der Waals surface area contributed by atoms with Crippen LogP contribution in [0, 0.1) is 0 Å². The molecule has 168 valence electrons. The summed E-state index contributed by atoms with van der Waals surface area (Å²) < 4.78 is 34.1. The van der Waals surface area contributed by atoms with Crippen LogP contribution in [0.5, 0.6) is 0 Å². The Hall–Kier alpha value is -2.21. The Morgan fingerprint density at radius 2 is 1.91 bits per heavy atom. The Morgan fingerprint density at radius 3 is 2.66 bits per heavy atom. The zero-order valence-corrected chi connectivity index (χ0v) is 20.1. The van der Waals surface area contributed by atoms with Crippen LogP contribution in [0.3, 0.4) is 0 Å². The van der Waals surface area contributed by atoms with E-state index in [-0.39, 0.29) is 11.2 Å². The van der Waals surface area contributed by atoms with E-state index in [0.29, 0.717) is 13.0 Å². The predicted molar refractivity (Wildman–Crippen MR) is 133 cm³/mol. The summed E-state index contributed by atoms with van der Waals surface area (Å²) in [4.78, 5) is 0. The first kappa shape index (κ1) is 23.0. The molecule has 4 nitrogen and oxygen atoms in total. The van der Waals surface area contributed by atoms with E-state index in [4.69, 9.17) is 11.6 Å². The normalized spacial score (nSPS) is 18.8. The summed E-state index contributed by atoms with van der Waals surface area (Å²) in [6.07, 6.45) is 7.43. The third kappa shape index (κ3) is 4.34. The maximum absolute atomic E-state index is 11.3. The minimum atomic E-state index is -4.01. The lowest BCUT2D eigenvalue weighted by molar-refractivity contribution is -0.437. The highest BCUT2D eigenvalue weighted by molar-refractivity contribution is 7.85. The van der Waals surface area contributed by atoms with E-state index in [2.05, 4.69) is 61.4 Å². The topological polar surface area (TPSA) is 57.4 Å². The third-order valence-corrected chi connectivity index (χ3v) is 7.81. The van der Waals surface area contributed by atoms with Gasteiger partial charge >= 0.3 is 0 Å². The van der Waals surface area contributed by atoms with Crippen molar-refractivity contribution < 1.29 is 17.5 Å². The summed E-state index contributed by atoms with van der Waals surface area (Å²) in [5.74, 6) is -0.263. The molecule has 0 saturated carbocycles. The summed E-state index contributed by atoms with van der Waals surface area (Å²) in [7, 11) is -4.01. The molecule has 1 aliphatic carbocycles. The average Bonchev–Trinajstić information content (AvgIpc) is 2.95. The molecule has 0 aromatic heterocycles. The second-order valence-corrected chi connectivity index (χ2v) is 11.1. The van der Waals surface area contributed by atoms with Crippen LogP contribution in [0.2, 0.25) is 0 Å². The number of rotatable bonds is 6. The number of allylic oxidation sites excluding steroid dienone is 5. The van der Waals surface area contributed by atoms with E-state index < -0.39 is 10.1 Å². The van der Waals surface area contributed by atoms with E-state index in [1.54, 1.807) is 0 Å². The number of halogens is 1. The molecule has 1 heterocycles. The van der Waals surface area contributed by atoms with Gasteiger partial charge in [0.2, 0.25) is 5.69 Å². The van der Waals surface area contributed by atoms with Gasteiger partial charge in [-0.25, -0.2) is 0 Å². The van der Waals surface area contributed by atoms with Gasteiger partial charge in [0.15, 0.2) is 5.71 Å². The first-order valence-electron chi connectivity index (χ1n) is 11.0. The van der Waals surface area contributed by atoms with Crippen LogP contribution in [0.25, 0.3) is 10.8 Å². The second-order valence-electron chi connectivity index (χ2n) is 9.11. The summed E-state index contributed by atoms with van der Waals surface area (Å²) in [6.45, 7) is 8.98. The Balaban J connectivity index is 1.83.